The number of rotatable bonds is 2. The molecule has 1 aromatic rings. The minimum absolute atomic E-state index is 0.0363. The molecule has 0 radical (unpaired) electrons. The third-order valence-corrected chi connectivity index (χ3v) is 5.78. The van der Waals surface area contributed by atoms with Gasteiger partial charge in [0.15, 0.2) is 0 Å². The Kier molecular flexibility index (Phi) is 3.50. The maximum atomic E-state index is 11.2. The summed E-state index contributed by atoms with van der Waals surface area (Å²) in [6, 6.07) is 6.19. The maximum absolute atomic E-state index is 11.2. The third kappa shape index (κ3) is 2.18. The van der Waals surface area contributed by atoms with Crippen LogP contribution in [-0.2, 0) is 12.3 Å². The van der Waals surface area contributed by atoms with Crippen molar-refractivity contribution in [2.45, 2.75) is 4.90 Å². The Morgan fingerprint density at radius 3 is 2.42 bits per heavy atom. The second kappa shape index (κ2) is 4.03. The molecule has 0 aliphatic rings. The van der Waals surface area contributed by atoms with Crippen LogP contribution in [0.15, 0.2) is 29.2 Å². The van der Waals surface area contributed by atoms with Crippen molar-refractivity contribution < 1.29 is 10.6 Å². The van der Waals surface area contributed by atoms with Crippen LogP contribution in [0.1, 0.15) is 0 Å². The molecule has 3 nitrogen and oxygen atoms in total. The summed E-state index contributed by atoms with van der Waals surface area (Å²) in [5.41, 5.74) is 0. The SMILES string of the molecule is O=S(=O)([O][Tl])c1ccccc1Cl. The van der Waals surface area contributed by atoms with Crippen LogP contribution < -0.4 is 0 Å². The topological polar surface area (TPSA) is 43.4 Å². The Hall–Kier alpha value is 0.342. The van der Waals surface area contributed by atoms with E-state index in [0.717, 1.165) is 0 Å². The van der Waals surface area contributed by atoms with Crippen LogP contribution in [0, 0.1) is 0 Å². The van der Waals surface area contributed by atoms with Crippen molar-refractivity contribution in [2.24, 2.45) is 0 Å². The van der Waals surface area contributed by atoms with Crippen LogP contribution in [0.2, 0.25) is 5.02 Å². The molecule has 0 bridgehead atoms. The van der Waals surface area contributed by atoms with Gasteiger partial charge in [0.2, 0.25) is 0 Å². The van der Waals surface area contributed by atoms with Crippen LogP contribution in [0.4, 0.5) is 0 Å². The van der Waals surface area contributed by atoms with Gasteiger partial charge in [-0.1, -0.05) is 0 Å². The molecule has 0 spiro atoms. The molecule has 0 saturated carbocycles. The molecule has 1 aromatic carbocycles. The van der Waals surface area contributed by atoms with Crippen molar-refractivity contribution in [3.05, 3.63) is 29.3 Å². The van der Waals surface area contributed by atoms with Gasteiger partial charge < -0.3 is 0 Å². The molecule has 0 atom stereocenters. The fourth-order valence-electron chi connectivity index (χ4n) is 0.699. The van der Waals surface area contributed by atoms with Gasteiger partial charge in [0.25, 0.3) is 0 Å². The predicted molar refractivity (Wildman–Crippen MR) is 45.5 cm³/mol. The fourth-order valence-corrected chi connectivity index (χ4v) is 2.98. The summed E-state index contributed by atoms with van der Waals surface area (Å²) in [4.78, 5) is 0.0363. The van der Waals surface area contributed by atoms with Gasteiger partial charge in [-0.25, -0.2) is 0 Å². The molecule has 0 fully saturated rings. The number of halogens is 1. The zero-order valence-electron chi connectivity index (χ0n) is 5.90. The van der Waals surface area contributed by atoms with E-state index in [9.17, 15) is 8.42 Å². The van der Waals surface area contributed by atoms with Gasteiger partial charge in [0, 0.05) is 0 Å². The molecule has 12 heavy (non-hydrogen) atoms. The molecule has 62 valence electrons. The first-order chi connectivity index (χ1) is 5.58. The molecule has 0 amide bonds. The van der Waals surface area contributed by atoms with Crippen LogP contribution >= 0.6 is 11.6 Å². The monoisotopic (exact) mass is 396 g/mol. The molecule has 0 aliphatic heterocycles. The van der Waals surface area contributed by atoms with Gasteiger partial charge in [0.05, 0.1) is 0 Å². The molecule has 0 saturated heterocycles. The number of hydrogen-bond donors (Lipinski definition) is 0. The molecule has 1 rings (SSSR count). The Labute approximate surface area is 92.1 Å². The normalized spacial score (nSPS) is 11.3. The minimum atomic E-state index is -3.59. The fraction of sp³-hybridized carbons (Fsp3) is 0. The first-order valence-corrected chi connectivity index (χ1v) is 6.57. The molecule has 0 heterocycles. The summed E-state index contributed by atoms with van der Waals surface area (Å²) in [6.45, 7) is 0. The Morgan fingerprint density at radius 1 is 1.33 bits per heavy atom. The standard InChI is InChI=1S/C6H5ClO3S.Tl/c7-5-3-1-2-4-6(5)11(8,9)10;/h1-4H,(H,8,9,10);/q;+1/p-1. The van der Waals surface area contributed by atoms with Gasteiger partial charge in [-0.15, -0.1) is 0 Å². The van der Waals surface area contributed by atoms with E-state index in [1.165, 1.54) is 12.1 Å². The van der Waals surface area contributed by atoms with Crippen LogP contribution in [-0.4, -0.2) is 34.6 Å². The summed E-state index contributed by atoms with van der Waals surface area (Å²) >= 11 is 5.59. The average molecular weight is 396 g/mol. The van der Waals surface area contributed by atoms with Crippen LogP contribution in [0.3, 0.4) is 0 Å². The summed E-state index contributed by atoms with van der Waals surface area (Å²) in [5, 5.41) is 0.193. The third-order valence-electron chi connectivity index (χ3n) is 1.23. The van der Waals surface area contributed by atoms with Gasteiger partial charge in [-0.3, -0.25) is 0 Å². The molecule has 0 N–H and O–H groups in total. The molecule has 0 aliphatic carbocycles. The molecule has 6 heteroatoms. The van der Waals surface area contributed by atoms with Crippen molar-refractivity contribution in [3.63, 3.8) is 0 Å². The quantitative estimate of drug-likeness (QED) is 0.705. The van der Waals surface area contributed by atoms with E-state index in [-0.39, 0.29) is 36.1 Å². The van der Waals surface area contributed by atoms with Gasteiger partial charge in [-0.2, -0.15) is 0 Å². The molecular formula is C6H4ClO3STl. The molecular weight excluding hydrogens is 392 g/mol. The summed E-state index contributed by atoms with van der Waals surface area (Å²) in [5.74, 6) is 0. The van der Waals surface area contributed by atoms with Crippen molar-refractivity contribution in [1.29, 1.82) is 0 Å². The molecule has 0 unspecified atom stereocenters. The second-order valence-electron chi connectivity index (χ2n) is 1.98. The van der Waals surface area contributed by atoms with Gasteiger partial charge >= 0.3 is 92.7 Å². The van der Waals surface area contributed by atoms with Crippen molar-refractivity contribution >= 4 is 47.9 Å². The van der Waals surface area contributed by atoms with E-state index in [2.05, 4.69) is 2.13 Å². The van der Waals surface area contributed by atoms with E-state index in [1.54, 1.807) is 12.1 Å². The van der Waals surface area contributed by atoms with Crippen LogP contribution in [0.5, 0.6) is 0 Å². The van der Waals surface area contributed by atoms with E-state index in [1.807, 2.05) is 0 Å². The second-order valence-corrected chi connectivity index (χ2v) is 6.17. The van der Waals surface area contributed by atoms with Crippen molar-refractivity contribution in [2.75, 3.05) is 0 Å². The van der Waals surface area contributed by atoms with Gasteiger partial charge in [-0.05, 0) is 0 Å². The number of hydrogen-bond acceptors (Lipinski definition) is 3. The van der Waals surface area contributed by atoms with E-state index >= 15 is 0 Å². The Bertz CT molecular complexity index is 376. The van der Waals surface area contributed by atoms with Crippen molar-refractivity contribution in [3.8, 4) is 0 Å². The summed E-state index contributed by atoms with van der Waals surface area (Å²) in [6.07, 6.45) is 0. The van der Waals surface area contributed by atoms with Gasteiger partial charge in [0.1, 0.15) is 0 Å². The Balaban J connectivity index is 3.30. The summed E-state index contributed by atoms with van der Waals surface area (Å²) in [7, 11) is -3.59. The zero-order chi connectivity index (χ0) is 9.19. The van der Waals surface area contributed by atoms with Crippen LogP contribution in [0.25, 0.3) is 0 Å². The molecule has 0 aromatic heterocycles. The Morgan fingerprint density at radius 2 is 1.92 bits per heavy atom. The predicted octanol–water partition coefficient (Wildman–Crippen LogP) is 1.13. The van der Waals surface area contributed by atoms with E-state index < -0.39 is 10.1 Å². The number of benzene rings is 1. The first kappa shape index (κ1) is 10.4. The van der Waals surface area contributed by atoms with Crippen molar-refractivity contribution in [1.82, 2.24) is 0 Å². The van der Waals surface area contributed by atoms with E-state index in [4.69, 9.17) is 11.6 Å². The zero-order valence-corrected chi connectivity index (χ0v) is 12.0. The first-order valence-electron chi connectivity index (χ1n) is 2.96. The summed E-state index contributed by atoms with van der Waals surface area (Å²) < 4.78 is 26.8. The average Bonchev–Trinajstić information content (AvgIpc) is 2.05. The van der Waals surface area contributed by atoms with E-state index in [0.29, 0.717) is 0 Å².